The maximum atomic E-state index is 5.98. The second-order valence-electron chi connectivity index (χ2n) is 3.65. The average Bonchev–Trinajstić information content (AvgIpc) is 2.07. The molecule has 2 nitrogen and oxygen atoms in total. The van der Waals surface area contributed by atoms with Crippen molar-refractivity contribution >= 4 is 17.3 Å². The molecule has 0 bridgehead atoms. The molecule has 14 heavy (non-hydrogen) atoms. The number of hydrogen-bond acceptors (Lipinski definition) is 2. The molecule has 1 fully saturated rings. The predicted molar refractivity (Wildman–Crippen MR) is 61.0 cm³/mol. The van der Waals surface area contributed by atoms with Crippen molar-refractivity contribution in [3.05, 3.63) is 28.8 Å². The van der Waals surface area contributed by atoms with Crippen LogP contribution in [0.25, 0.3) is 0 Å². The molecule has 2 rings (SSSR count). The Morgan fingerprint density at radius 1 is 1.36 bits per heavy atom. The second-order valence-corrected chi connectivity index (χ2v) is 4.09. The van der Waals surface area contributed by atoms with E-state index < -0.39 is 0 Å². The van der Waals surface area contributed by atoms with Gasteiger partial charge in [-0.1, -0.05) is 17.7 Å². The predicted octanol–water partition coefficient (Wildman–Crippen LogP) is 2.05. The summed E-state index contributed by atoms with van der Waals surface area (Å²) in [7, 11) is 0. The molecule has 2 N–H and O–H groups in total. The topological polar surface area (TPSA) is 29.3 Å². The summed E-state index contributed by atoms with van der Waals surface area (Å²) in [6, 6.07) is 6.07. The minimum absolute atomic E-state index is 0.697. The van der Waals surface area contributed by atoms with Crippen LogP contribution in [0.15, 0.2) is 18.2 Å². The van der Waals surface area contributed by atoms with Gasteiger partial charge in [0, 0.05) is 23.8 Å². The van der Waals surface area contributed by atoms with E-state index in [1.807, 2.05) is 12.1 Å². The van der Waals surface area contributed by atoms with Crippen LogP contribution in [-0.4, -0.2) is 19.6 Å². The van der Waals surface area contributed by atoms with Gasteiger partial charge < -0.3 is 10.6 Å². The summed E-state index contributed by atoms with van der Waals surface area (Å²) >= 11 is 5.98. The number of benzene rings is 1. The molecule has 0 aromatic heterocycles. The standard InChI is InChI=1S/C11H15ClN2/c12-10-3-2-9(4-5-13)11(8-10)14-6-1-7-14/h2-3,8H,1,4-7,13H2. The van der Waals surface area contributed by atoms with Crippen molar-refractivity contribution in [3.8, 4) is 0 Å². The average molecular weight is 211 g/mol. The smallest absolute Gasteiger partial charge is 0.0426 e. The first-order chi connectivity index (χ1) is 6.81. The van der Waals surface area contributed by atoms with Crippen molar-refractivity contribution in [2.24, 2.45) is 5.73 Å². The van der Waals surface area contributed by atoms with Crippen LogP contribution in [0.3, 0.4) is 0 Å². The largest absolute Gasteiger partial charge is 0.371 e. The van der Waals surface area contributed by atoms with E-state index in [1.54, 1.807) is 0 Å². The van der Waals surface area contributed by atoms with E-state index in [9.17, 15) is 0 Å². The van der Waals surface area contributed by atoms with Gasteiger partial charge in [-0.2, -0.15) is 0 Å². The van der Waals surface area contributed by atoms with Gasteiger partial charge in [-0.3, -0.25) is 0 Å². The fourth-order valence-corrected chi connectivity index (χ4v) is 1.92. The van der Waals surface area contributed by atoms with Crippen LogP contribution in [0.2, 0.25) is 5.02 Å². The zero-order valence-corrected chi connectivity index (χ0v) is 8.93. The first kappa shape index (κ1) is 9.81. The molecule has 3 heteroatoms. The van der Waals surface area contributed by atoms with E-state index in [0.717, 1.165) is 24.5 Å². The SMILES string of the molecule is NCCc1ccc(Cl)cc1N1CCC1. The number of rotatable bonds is 3. The number of anilines is 1. The lowest BCUT2D eigenvalue weighted by Crippen LogP contribution is -2.37. The van der Waals surface area contributed by atoms with Crippen LogP contribution >= 0.6 is 11.6 Å². The Hall–Kier alpha value is -0.730. The van der Waals surface area contributed by atoms with Gasteiger partial charge in [0.05, 0.1) is 0 Å². The minimum atomic E-state index is 0.697. The summed E-state index contributed by atoms with van der Waals surface area (Å²) in [5.41, 5.74) is 8.16. The fourth-order valence-electron chi connectivity index (χ4n) is 1.76. The van der Waals surface area contributed by atoms with Crippen LogP contribution < -0.4 is 10.6 Å². The maximum Gasteiger partial charge on any atom is 0.0426 e. The van der Waals surface area contributed by atoms with Crippen molar-refractivity contribution < 1.29 is 0 Å². The van der Waals surface area contributed by atoms with Gasteiger partial charge in [0.25, 0.3) is 0 Å². The summed E-state index contributed by atoms with van der Waals surface area (Å²) in [4.78, 5) is 2.36. The molecule has 1 heterocycles. The Balaban J connectivity index is 2.27. The van der Waals surface area contributed by atoms with E-state index in [0.29, 0.717) is 6.54 Å². The molecule has 76 valence electrons. The molecule has 0 spiro atoms. The number of nitrogens with two attached hydrogens (primary N) is 1. The van der Waals surface area contributed by atoms with Crippen LogP contribution in [0, 0.1) is 0 Å². The summed E-state index contributed by atoms with van der Waals surface area (Å²) in [6.07, 6.45) is 2.22. The van der Waals surface area contributed by atoms with Crippen molar-refractivity contribution in [3.63, 3.8) is 0 Å². The van der Waals surface area contributed by atoms with Gasteiger partial charge in [-0.15, -0.1) is 0 Å². The highest BCUT2D eigenvalue weighted by Crippen LogP contribution is 2.28. The highest BCUT2D eigenvalue weighted by atomic mass is 35.5. The van der Waals surface area contributed by atoms with Crippen LogP contribution in [0.4, 0.5) is 5.69 Å². The second kappa shape index (κ2) is 4.20. The molecule has 1 aromatic rings. The fraction of sp³-hybridized carbons (Fsp3) is 0.455. The Labute approximate surface area is 89.7 Å². The third-order valence-corrected chi connectivity index (χ3v) is 2.89. The lowest BCUT2D eigenvalue weighted by atomic mass is 10.1. The molecule has 0 aliphatic carbocycles. The van der Waals surface area contributed by atoms with Crippen molar-refractivity contribution in [2.75, 3.05) is 24.5 Å². The highest BCUT2D eigenvalue weighted by Gasteiger charge is 2.17. The highest BCUT2D eigenvalue weighted by molar-refractivity contribution is 6.30. The van der Waals surface area contributed by atoms with Crippen LogP contribution in [0.1, 0.15) is 12.0 Å². The molecule has 0 amide bonds. The van der Waals surface area contributed by atoms with E-state index in [2.05, 4.69) is 11.0 Å². The van der Waals surface area contributed by atoms with E-state index in [-0.39, 0.29) is 0 Å². The van der Waals surface area contributed by atoms with E-state index in [1.165, 1.54) is 17.7 Å². The molecular formula is C11H15ClN2. The van der Waals surface area contributed by atoms with E-state index in [4.69, 9.17) is 17.3 Å². The quantitative estimate of drug-likeness (QED) is 0.828. The molecule has 0 radical (unpaired) electrons. The third-order valence-electron chi connectivity index (χ3n) is 2.66. The minimum Gasteiger partial charge on any atom is -0.371 e. The van der Waals surface area contributed by atoms with Gasteiger partial charge in [-0.05, 0) is 37.1 Å². The number of halogens is 1. The van der Waals surface area contributed by atoms with E-state index >= 15 is 0 Å². The zero-order chi connectivity index (χ0) is 9.97. The molecule has 0 atom stereocenters. The number of nitrogens with zero attached hydrogens (tertiary/aromatic N) is 1. The van der Waals surface area contributed by atoms with Gasteiger partial charge in [-0.25, -0.2) is 0 Å². The third kappa shape index (κ3) is 1.86. The molecule has 1 aliphatic rings. The van der Waals surface area contributed by atoms with Crippen LogP contribution in [-0.2, 0) is 6.42 Å². The van der Waals surface area contributed by atoms with Crippen molar-refractivity contribution in [2.45, 2.75) is 12.8 Å². The normalized spacial score (nSPS) is 15.4. The van der Waals surface area contributed by atoms with Gasteiger partial charge in [0.2, 0.25) is 0 Å². The van der Waals surface area contributed by atoms with Gasteiger partial charge in [0.1, 0.15) is 0 Å². The Bertz CT molecular complexity index is 321. The maximum absolute atomic E-state index is 5.98. The summed E-state index contributed by atoms with van der Waals surface area (Å²) in [6.45, 7) is 3.00. The molecule has 1 aliphatic heterocycles. The molecule has 1 aromatic carbocycles. The van der Waals surface area contributed by atoms with Gasteiger partial charge in [0.15, 0.2) is 0 Å². The summed E-state index contributed by atoms with van der Waals surface area (Å²) in [5, 5.41) is 0.813. The van der Waals surface area contributed by atoms with Crippen molar-refractivity contribution in [1.82, 2.24) is 0 Å². The Morgan fingerprint density at radius 3 is 2.71 bits per heavy atom. The molecular weight excluding hydrogens is 196 g/mol. The molecule has 0 unspecified atom stereocenters. The van der Waals surface area contributed by atoms with Gasteiger partial charge >= 0.3 is 0 Å². The molecule has 1 saturated heterocycles. The monoisotopic (exact) mass is 210 g/mol. The first-order valence-corrected chi connectivity index (χ1v) is 5.42. The summed E-state index contributed by atoms with van der Waals surface area (Å²) in [5.74, 6) is 0. The van der Waals surface area contributed by atoms with Crippen molar-refractivity contribution in [1.29, 1.82) is 0 Å². The Kier molecular flexibility index (Phi) is 2.94. The summed E-state index contributed by atoms with van der Waals surface area (Å²) < 4.78 is 0. The van der Waals surface area contributed by atoms with Crippen LogP contribution in [0.5, 0.6) is 0 Å². The first-order valence-electron chi connectivity index (χ1n) is 5.04. The lowest BCUT2D eigenvalue weighted by Gasteiger charge is -2.35. The lowest BCUT2D eigenvalue weighted by molar-refractivity contribution is 0.614. The number of hydrogen-bond donors (Lipinski definition) is 1. The Morgan fingerprint density at radius 2 is 2.14 bits per heavy atom. The molecule has 0 saturated carbocycles. The zero-order valence-electron chi connectivity index (χ0n) is 8.17.